The van der Waals surface area contributed by atoms with Gasteiger partial charge in [-0.2, -0.15) is 14.6 Å². The van der Waals surface area contributed by atoms with Crippen LogP contribution in [0, 0.1) is 27.7 Å². The highest BCUT2D eigenvalue weighted by atomic mass is 16.4. The van der Waals surface area contributed by atoms with Crippen LogP contribution in [0.3, 0.4) is 0 Å². The van der Waals surface area contributed by atoms with Gasteiger partial charge in [0.25, 0.3) is 11.7 Å². The van der Waals surface area contributed by atoms with Crippen LogP contribution in [0.1, 0.15) is 39.8 Å². The lowest BCUT2D eigenvalue weighted by atomic mass is 10.2. The number of nitrogens with one attached hydrogen (secondary N) is 1. The maximum Gasteiger partial charge on any atom is 0.291 e. The fourth-order valence-electron chi connectivity index (χ4n) is 3.80. The van der Waals surface area contributed by atoms with Crippen molar-refractivity contribution in [3.8, 4) is 0 Å². The van der Waals surface area contributed by atoms with Crippen molar-refractivity contribution < 1.29 is 14.0 Å². The van der Waals surface area contributed by atoms with E-state index in [1.54, 1.807) is 23.3 Å². The molecule has 0 radical (unpaired) electrons. The van der Waals surface area contributed by atoms with Crippen LogP contribution in [-0.2, 0) is 4.79 Å². The smallest absolute Gasteiger partial charge is 0.291 e. The van der Waals surface area contributed by atoms with E-state index in [1.165, 1.54) is 6.33 Å². The number of amides is 2. The molecule has 1 N–H and O–H groups in total. The summed E-state index contributed by atoms with van der Waals surface area (Å²) in [7, 11) is 0. The zero-order chi connectivity index (χ0) is 22.1. The minimum Gasteiger partial charge on any atom is -0.436 e. The van der Waals surface area contributed by atoms with E-state index in [2.05, 4.69) is 30.3 Å². The fourth-order valence-corrected chi connectivity index (χ4v) is 3.80. The molecule has 1 saturated heterocycles. The van der Waals surface area contributed by atoms with Crippen LogP contribution in [0.2, 0.25) is 0 Å². The number of anilines is 1. The van der Waals surface area contributed by atoms with E-state index in [1.807, 2.05) is 13.8 Å². The molecule has 4 rings (SSSR count). The Morgan fingerprint density at radius 2 is 1.87 bits per heavy atom. The standard InChI is InChI=1S/C20H26N8O3/c1-12-13(2)25-20-22-11-23-28(20)18(12)26-8-6-21-16(29)5-7-27(10-9-26)19(30)17-14(3)24-15(4)31-17/h11H,5-10H2,1-4H3,(H,21,29). The Hall–Kier alpha value is -3.50. The fraction of sp³-hybridized carbons (Fsp3) is 0.500. The number of hydrogen-bond acceptors (Lipinski definition) is 8. The van der Waals surface area contributed by atoms with E-state index in [-0.39, 0.29) is 24.0 Å². The molecule has 1 aliphatic rings. The van der Waals surface area contributed by atoms with E-state index < -0.39 is 0 Å². The van der Waals surface area contributed by atoms with Gasteiger partial charge in [0.2, 0.25) is 11.7 Å². The van der Waals surface area contributed by atoms with Gasteiger partial charge >= 0.3 is 0 Å². The van der Waals surface area contributed by atoms with Crippen LogP contribution >= 0.6 is 0 Å². The van der Waals surface area contributed by atoms with E-state index in [9.17, 15) is 9.59 Å². The number of nitrogens with zero attached hydrogens (tertiary/aromatic N) is 7. The van der Waals surface area contributed by atoms with E-state index >= 15 is 0 Å². The molecule has 0 aromatic carbocycles. The summed E-state index contributed by atoms with van der Waals surface area (Å²) in [5, 5.41) is 7.26. The van der Waals surface area contributed by atoms with Gasteiger partial charge in [-0.3, -0.25) is 9.59 Å². The lowest BCUT2D eigenvalue weighted by Gasteiger charge is -2.31. The first-order chi connectivity index (χ1) is 14.8. The molecule has 1 fully saturated rings. The van der Waals surface area contributed by atoms with Crippen LogP contribution in [0.25, 0.3) is 5.78 Å². The predicted octanol–water partition coefficient (Wildman–Crippen LogP) is 0.815. The van der Waals surface area contributed by atoms with E-state index in [4.69, 9.17) is 4.42 Å². The monoisotopic (exact) mass is 426 g/mol. The highest BCUT2D eigenvalue weighted by Crippen LogP contribution is 2.23. The molecule has 3 aromatic rings. The summed E-state index contributed by atoms with van der Waals surface area (Å²) in [4.78, 5) is 42.1. The second-order valence-electron chi connectivity index (χ2n) is 7.64. The number of fused-ring (bicyclic) bond motifs is 1. The van der Waals surface area contributed by atoms with Crippen LogP contribution in [-0.4, -0.2) is 74.0 Å². The van der Waals surface area contributed by atoms with Gasteiger partial charge in [-0.1, -0.05) is 0 Å². The Bertz CT molecular complexity index is 1140. The summed E-state index contributed by atoms with van der Waals surface area (Å²) >= 11 is 0. The molecule has 164 valence electrons. The van der Waals surface area contributed by atoms with Gasteiger partial charge in [-0.15, -0.1) is 0 Å². The Morgan fingerprint density at radius 1 is 1.06 bits per heavy atom. The first-order valence-corrected chi connectivity index (χ1v) is 10.3. The summed E-state index contributed by atoms with van der Waals surface area (Å²) in [5.41, 5.74) is 2.38. The van der Waals surface area contributed by atoms with Gasteiger partial charge in [0.1, 0.15) is 12.1 Å². The number of aromatic nitrogens is 5. The first-order valence-electron chi connectivity index (χ1n) is 10.3. The number of carbonyl (C=O) groups is 2. The van der Waals surface area contributed by atoms with Crippen molar-refractivity contribution in [2.75, 3.05) is 37.6 Å². The molecule has 0 atom stereocenters. The molecule has 2 amide bonds. The number of oxazole rings is 1. The highest BCUT2D eigenvalue weighted by molar-refractivity contribution is 5.92. The lowest BCUT2D eigenvalue weighted by molar-refractivity contribution is -0.121. The Kier molecular flexibility index (Phi) is 5.57. The van der Waals surface area contributed by atoms with Crippen molar-refractivity contribution in [3.05, 3.63) is 34.9 Å². The Labute approximate surface area is 179 Å². The lowest BCUT2D eigenvalue weighted by Crippen LogP contribution is -2.46. The van der Waals surface area contributed by atoms with Crippen molar-refractivity contribution in [3.63, 3.8) is 0 Å². The zero-order valence-corrected chi connectivity index (χ0v) is 18.2. The third-order valence-electron chi connectivity index (χ3n) is 5.51. The van der Waals surface area contributed by atoms with Crippen LogP contribution in [0.4, 0.5) is 5.82 Å². The summed E-state index contributed by atoms with van der Waals surface area (Å²) in [5.74, 6) is 1.67. The predicted molar refractivity (Wildman–Crippen MR) is 112 cm³/mol. The SMILES string of the molecule is Cc1nc(C)c(C(=O)N2CCC(=O)NCCN(c3c(C)c(C)nc4ncnn34)CC2)o1. The maximum absolute atomic E-state index is 13.1. The molecule has 0 bridgehead atoms. The quantitative estimate of drug-likeness (QED) is 0.639. The second-order valence-corrected chi connectivity index (χ2v) is 7.64. The van der Waals surface area contributed by atoms with Crippen molar-refractivity contribution in [2.45, 2.75) is 34.1 Å². The average Bonchev–Trinajstić information content (AvgIpc) is 3.32. The minimum absolute atomic E-state index is 0.0985. The molecule has 0 saturated carbocycles. The summed E-state index contributed by atoms with van der Waals surface area (Å²) < 4.78 is 7.23. The van der Waals surface area contributed by atoms with E-state index in [0.29, 0.717) is 50.1 Å². The number of rotatable bonds is 2. The van der Waals surface area contributed by atoms with Crippen molar-refractivity contribution in [2.24, 2.45) is 0 Å². The minimum atomic E-state index is -0.264. The Balaban J connectivity index is 1.66. The zero-order valence-electron chi connectivity index (χ0n) is 18.2. The van der Waals surface area contributed by atoms with Crippen molar-refractivity contribution in [1.82, 2.24) is 34.8 Å². The first kappa shape index (κ1) is 20.8. The van der Waals surface area contributed by atoms with Gasteiger partial charge in [-0.05, 0) is 20.8 Å². The largest absolute Gasteiger partial charge is 0.436 e. The third-order valence-corrected chi connectivity index (χ3v) is 5.51. The molecule has 31 heavy (non-hydrogen) atoms. The molecule has 11 nitrogen and oxygen atoms in total. The van der Waals surface area contributed by atoms with Crippen molar-refractivity contribution in [1.29, 1.82) is 0 Å². The van der Waals surface area contributed by atoms with Gasteiger partial charge in [0, 0.05) is 57.3 Å². The number of carbonyl (C=O) groups excluding carboxylic acids is 2. The van der Waals surface area contributed by atoms with Crippen molar-refractivity contribution >= 4 is 23.4 Å². The Morgan fingerprint density at radius 3 is 2.61 bits per heavy atom. The normalized spacial score (nSPS) is 15.9. The van der Waals surface area contributed by atoms with Gasteiger partial charge < -0.3 is 19.5 Å². The molecule has 0 unspecified atom stereocenters. The summed E-state index contributed by atoms with van der Waals surface area (Å²) in [6.07, 6.45) is 1.71. The number of hydrogen-bond donors (Lipinski definition) is 1. The van der Waals surface area contributed by atoms with E-state index in [0.717, 1.165) is 17.1 Å². The van der Waals surface area contributed by atoms with Gasteiger partial charge in [0.05, 0.1) is 5.69 Å². The molecule has 0 spiro atoms. The van der Waals surface area contributed by atoms with Gasteiger partial charge in [-0.25, -0.2) is 9.97 Å². The molecule has 4 heterocycles. The van der Waals surface area contributed by atoms with Gasteiger partial charge in [0.15, 0.2) is 5.89 Å². The summed E-state index contributed by atoms with van der Waals surface area (Å²) in [6.45, 7) is 9.69. The number of aryl methyl sites for hydroxylation is 3. The maximum atomic E-state index is 13.1. The second kappa shape index (κ2) is 8.32. The molecular formula is C20H26N8O3. The van der Waals surface area contributed by atoms with Crippen LogP contribution in [0.15, 0.2) is 10.7 Å². The molecular weight excluding hydrogens is 400 g/mol. The van der Waals surface area contributed by atoms with Crippen LogP contribution < -0.4 is 10.2 Å². The molecule has 1 aliphatic heterocycles. The molecule has 0 aliphatic carbocycles. The third kappa shape index (κ3) is 4.07. The molecule has 3 aromatic heterocycles. The van der Waals surface area contributed by atoms with Crippen LogP contribution in [0.5, 0.6) is 0 Å². The highest BCUT2D eigenvalue weighted by Gasteiger charge is 2.26. The topological polar surface area (TPSA) is 122 Å². The average molecular weight is 426 g/mol. The summed E-state index contributed by atoms with van der Waals surface area (Å²) in [6, 6.07) is 0. The molecule has 11 heteroatoms.